The average molecular weight is 217 g/mol. The van der Waals surface area contributed by atoms with Crippen LogP contribution in [-0.4, -0.2) is 25.7 Å². The molecule has 0 aliphatic carbocycles. The molecule has 2 rings (SSSR count). The minimum absolute atomic E-state index is 0.337. The molecule has 0 fully saturated rings. The summed E-state index contributed by atoms with van der Waals surface area (Å²) in [6.45, 7) is 1.82. The predicted molar refractivity (Wildman–Crippen MR) is 57.5 cm³/mol. The highest BCUT2D eigenvalue weighted by Gasteiger charge is 2.17. The topological polar surface area (TPSA) is 86.7 Å². The summed E-state index contributed by atoms with van der Waals surface area (Å²) < 4.78 is 1.44. The van der Waals surface area contributed by atoms with Crippen LogP contribution < -0.4 is 5.73 Å². The molecule has 0 unspecified atom stereocenters. The van der Waals surface area contributed by atoms with Gasteiger partial charge in [-0.3, -0.25) is 19.4 Å². The molecule has 1 amide bonds. The van der Waals surface area contributed by atoms with Crippen LogP contribution in [0.4, 0.5) is 0 Å². The van der Waals surface area contributed by atoms with Crippen LogP contribution in [0.15, 0.2) is 18.6 Å². The summed E-state index contributed by atoms with van der Waals surface area (Å²) in [4.78, 5) is 19.6. The quantitative estimate of drug-likeness (QED) is 0.782. The molecule has 2 aromatic rings. The summed E-state index contributed by atoms with van der Waals surface area (Å²) in [5.74, 6) is -0.528. The summed E-state index contributed by atoms with van der Waals surface area (Å²) in [6.07, 6.45) is 4.73. The molecule has 6 heteroatoms. The lowest BCUT2D eigenvalue weighted by Crippen LogP contribution is -2.17. The number of amides is 1. The molecule has 0 aliphatic rings. The molecule has 2 N–H and O–H groups in total. The van der Waals surface area contributed by atoms with Gasteiger partial charge in [-0.15, -0.1) is 0 Å². The first-order chi connectivity index (χ1) is 7.61. The van der Waals surface area contributed by atoms with E-state index in [0.717, 1.165) is 5.69 Å². The molecule has 0 atom stereocenters. The van der Waals surface area contributed by atoms with Crippen LogP contribution in [0, 0.1) is 6.92 Å². The zero-order chi connectivity index (χ0) is 11.7. The molecule has 0 saturated carbocycles. The van der Waals surface area contributed by atoms with Gasteiger partial charge in [0.2, 0.25) is 0 Å². The molecular formula is C10H11N5O. The van der Waals surface area contributed by atoms with Gasteiger partial charge in [0.15, 0.2) is 0 Å². The fourth-order valence-electron chi connectivity index (χ4n) is 1.58. The Balaban J connectivity index is 2.66. The van der Waals surface area contributed by atoms with Crippen molar-refractivity contribution in [2.45, 2.75) is 6.92 Å². The van der Waals surface area contributed by atoms with E-state index in [2.05, 4.69) is 15.1 Å². The number of aryl methyl sites for hydroxylation is 2. The normalized spacial score (nSPS) is 10.4. The standard InChI is InChI=1S/C10H11N5O/c1-6-8(13-4-3-12-6)7-5-14-15(2)9(7)10(11)16/h3-5H,1-2H3,(H2,11,16). The predicted octanol–water partition coefficient (Wildman–Crippen LogP) is 0.284. The van der Waals surface area contributed by atoms with Crippen molar-refractivity contribution < 1.29 is 4.79 Å². The number of carbonyl (C=O) groups is 1. The van der Waals surface area contributed by atoms with Crippen LogP contribution in [0.1, 0.15) is 16.2 Å². The fraction of sp³-hybridized carbons (Fsp3) is 0.200. The van der Waals surface area contributed by atoms with E-state index in [1.165, 1.54) is 4.68 Å². The average Bonchev–Trinajstić information content (AvgIpc) is 2.61. The molecular weight excluding hydrogens is 206 g/mol. The summed E-state index contributed by atoms with van der Waals surface area (Å²) in [5.41, 5.74) is 7.61. The van der Waals surface area contributed by atoms with Crippen LogP contribution in [0.2, 0.25) is 0 Å². The lowest BCUT2D eigenvalue weighted by Gasteiger charge is -2.03. The first-order valence-electron chi connectivity index (χ1n) is 4.71. The zero-order valence-corrected chi connectivity index (χ0v) is 9.01. The minimum atomic E-state index is -0.528. The third-order valence-electron chi connectivity index (χ3n) is 2.31. The van der Waals surface area contributed by atoms with Crippen LogP contribution in [0.25, 0.3) is 11.3 Å². The number of rotatable bonds is 2. The van der Waals surface area contributed by atoms with E-state index in [9.17, 15) is 4.79 Å². The Kier molecular flexibility index (Phi) is 2.40. The van der Waals surface area contributed by atoms with E-state index < -0.39 is 5.91 Å². The summed E-state index contributed by atoms with van der Waals surface area (Å²) in [7, 11) is 1.66. The number of hydrogen-bond donors (Lipinski definition) is 1. The van der Waals surface area contributed by atoms with Gasteiger partial charge in [0.05, 0.1) is 23.1 Å². The molecule has 16 heavy (non-hydrogen) atoms. The van der Waals surface area contributed by atoms with Crippen LogP contribution in [-0.2, 0) is 7.05 Å². The van der Waals surface area contributed by atoms with Gasteiger partial charge in [-0.25, -0.2) is 0 Å². The van der Waals surface area contributed by atoms with Crippen molar-refractivity contribution >= 4 is 5.91 Å². The molecule has 2 heterocycles. The number of aromatic nitrogens is 4. The van der Waals surface area contributed by atoms with Crippen molar-refractivity contribution in [3.05, 3.63) is 30.0 Å². The van der Waals surface area contributed by atoms with Gasteiger partial charge in [-0.1, -0.05) is 0 Å². The van der Waals surface area contributed by atoms with Crippen molar-refractivity contribution in [2.24, 2.45) is 12.8 Å². The van der Waals surface area contributed by atoms with Gasteiger partial charge < -0.3 is 5.73 Å². The van der Waals surface area contributed by atoms with Gasteiger partial charge in [-0.05, 0) is 6.92 Å². The number of carbonyl (C=O) groups excluding carboxylic acids is 1. The van der Waals surface area contributed by atoms with Crippen LogP contribution in [0.3, 0.4) is 0 Å². The lowest BCUT2D eigenvalue weighted by atomic mass is 10.1. The highest BCUT2D eigenvalue weighted by Crippen LogP contribution is 2.22. The molecule has 0 aliphatic heterocycles. The largest absolute Gasteiger partial charge is 0.364 e. The Hall–Kier alpha value is -2.24. The minimum Gasteiger partial charge on any atom is -0.364 e. The van der Waals surface area contributed by atoms with E-state index in [4.69, 9.17) is 5.73 Å². The zero-order valence-electron chi connectivity index (χ0n) is 9.01. The highest BCUT2D eigenvalue weighted by atomic mass is 16.1. The molecule has 0 bridgehead atoms. The Labute approximate surface area is 92.1 Å². The Morgan fingerprint density at radius 3 is 2.69 bits per heavy atom. The van der Waals surface area contributed by atoms with Crippen molar-refractivity contribution in [1.82, 2.24) is 19.7 Å². The van der Waals surface area contributed by atoms with Crippen molar-refractivity contribution in [3.8, 4) is 11.3 Å². The Bertz CT molecular complexity index is 546. The maximum absolute atomic E-state index is 11.3. The van der Waals surface area contributed by atoms with E-state index in [0.29, 0.717) is 17.0 Å². The summed E-state index contributed by atoms with van der Waals surface area (Å²) in [5, 5.41) is 4.00. The Morgan fingerprint density at radius 1 is 1.38 bits per heavy atom. The second kappa shape index (κ2) is 3.73. The summed E-state index contributed by atoms with van der Waals surface area (Å²) >= 11 is 0. The second-order valence-electron chi connectivity index (χ2n) is 3.39. The molecule has 2 aromatic heterocycles. The molecule has 0 radical (unpaired) electrons. The van der Waals surface area contributed by atoms with Gasteiger partial charge in [0.1, 0.15) is 5.69 Å². The van der Waals surface area contributed by atoms with Crippen LogP contribution >= 0.6 is 0 Å². The van der Waals surface area contributed by atoms with E-state index in [1.807, 2.05) is 6.92 Å². The lowest BCUT2D eigenvalue weighted by molar-refractivity contribution is 0.0992. The number of nitrogens with two attached hydrogens (primary N) is 1. The maximum Gasteiger partial charge on any atom is 0.267 e. The third kappa shape index (κ3) is 1.54. The smallest absolute Gasteiger partial charge is 0.267 e. The van der Waals surface area contributed by atoms with Gasteiger partial charge >= 0.3 is 0 Å². The molecule has 0 saturated heterocycles. The first-order valence-corrected chi connectivity index (χ1v) is 4.71. The van der Waals surface area contributed by atoms with E-state index in [1.54, 1.807) is 25.6 Å². The highest BCUT2D eigenvalue weighted by molar-refractivity contribution is 5.97. The maximum atomic E-state index is 11.3. The monoisotopic (exact) mass is 217 g/mol. The first kappa shape index (κ1) is 10.3. The van der Waals surface area contributed by atoms with Crippen LogP contribution in [0.5, 0.6) is 0 Å². The van der Waals surface area contributed by atoms with E-state index in [-0.39, 0.29) is 0 Å². The van der Waals surface area contributed by atoms with Crippen molar-refractivity contribution in [2.75, 3.05) is 0 Å². The SMILES string of the molecule is Cc1nccnc1-c1cnn(C)c1C(N)=O. The third-order valence-corrected chi connectivity index (χ3v) is 2.31. The number of nitrogens with zero attached hydrogens (tertiary/aromatic N) is 4. The van der Waals surface area contributed by atoms with Gasteiger partial charge in [0, 0.05) is 19.4 Å². The van der Waals surface area contributed by atoms with Crippen molar-refractivity contribution in [3.63, 3.8) is 0 Å². The number of primary amides is 1. The summed E-state index contributed by atoms with van der Waals surface area (Å²) in [6, 6.07) is 0. The van der Waals surface area contributed by atoms with Crippen molar-refractivity contribution in [1.29, 1.82) is 0 Å². The fourth-order valence-corrected chi connectivity index (χ4v) is 1.58. The molecule has 0 aromatic carbocycles. The Morgan fingerprint density at radius 2 is 2.06 bits per heavy atom. The van der Waals surface area contributed by atoms with Gasteiger partial charge in [0.25, 0.3) is 5.91 Å². The van der Waals surface area contributed by atoms with Gasteiger partial charge in [-0.2, -0.15) is 5.10 Å². The van der Waals surface area contributed by atoms with E-state index >= 15 is 0 Å². The molecule has 82 valence electrons. The number of hydrogen-bond acceptors (Lipinski definition) is 4. The second-order valence-corrected chi connectivity index (χ2v) is 3.39. The molecule has 6 nitrogen and oxygen atoms in total. The molecule has 0 spiro atoms.